The Balaban J connectivity index is 1.89. The Bertz CT molecular complexity index is 700. The molecule has 0 atom stereocenters. The van der Waals surface area contributed by atoms with Crippen LogP contribution in [0.2, 0.25) is 0 Å². The Morgan fingerprint density at radius 3 is 3.10 bits per heavy atom. The van der Waals surface area contributed by atoms with Crippen LogP contribution < -0.4 is 0 Å². The van der Waals surface area contributed by atoms with Crippen molar-refractivity contribution < 1.29 is 8.91 Å². The highest BCUT2D eigenvalue weighted by Gasteiger charge is 2.15. The second-order valence-electron chi connectivity index (χ2n) is 4.14. The zero-order chi connectivity index (χ0) is 13.9. The van der Waals surface area contributed by atoms with Gasteiger partial charge >= 0.3 is 0 Å². The van der Waals surface area contributed by atoms with Crippen LogP contribution in [-0.2, 0) is 13.1 Å². The summed E-state index contributed by atoms with van der Waals surface area (Å²) in [4.78, 5) is 8.49. The Morgan fingerprint density at radius 1 is 1.40 bits per heavy atom. The molecule has 0 unspecified atom stereocenters. The lowest BCUT2D eigenvalue weighted by Crippen LogP contribution is -1.98. The number of imidazole rings is 1. The molecule has 0 aromatic carbocycles. The molecule has 0 bridgehead atoms. The van der Waals surface area contributed by atoms with Crippen molar-refractivity contribution in [2.24, 2.45) is 0 Å². The van der Waals surface area contributed by atoms with Gasteiger partial charge in [-0.2, -0.15) is 10.1 Å². The third kappa shape index (κ3) is 2.20. The average molecular weight is 276 g/mol. The SMILES string of the molecule is CCn1ccnc1-c1nc(-c2cnn(CCF)c2)no1. The molecule has 3 heterocycles. The highest BCUT2D eigenvalue weighted by Crippen LogP contribution is 2.20. The zero-order valence-corrected chi connectivity index (χ0v) is 10.9. The fraction of sp³-hybridized carbons (Fsp3) is 0.333. The minimum atomic E-state index is -0.466. The molecular formula is C12H13FN6O. The summed E-state index contributed by atoms with van der Waals surface area (Å²) in [6, 6.07) is 0. The maximum atomic E-state index is 12.2. The second-order valence-corrected chi connectivity index (χ2v) is 4.14. The van der Waals surface area contributed by atoms with E-state index in [1.165, 1.54) is 4.68 Å². The maximum absolute atomic E-state index is 12.2. The van der Waals surface area contributed by atoms with Gasteiger partial charge in [-0.3, -0.25) is 4.68 Å². The molecule has 20 heavy (non-hydrogen) atoms. The Morgan fingerprint density at radius 2 is 2.30 bits per heavy atom. The van der Waals surface area contributed by atoms with Crippen LogP contribution in [0.1, 0.15) is 6.92 Å². The fourth-order valence-corrected chi connectivity index (χ4v) is 1.88. The Kier molecular flexibility index (Phi) is 3.28. The van der Waals surface area contributed by atoms with Crippen molar-refractivity contribution in [1.82, 2.24) is 29.5 Å². The molecule has 0 aliphatic heterocycles. The summed E-state index contributed by atoms with van der Waals surface area (Å²) in [7, 11) is 0. The van der Waals surface area contributed by atoms with E-state index in [1.54, 1.807) is 18.6 Å². The van der Waals surface area contributed by atoms with Gasteiger partial charge in [-0.15, -0.1) is 0 Å². The summed E-state index contributed by atoms with van der Waals surface area (Å²) >= 11 is 0. The van der Waals surface area contributed by atoms with Gasteiger partial charge in [-0.05, 0) is 6.92 Å². The van der Waals surface area contributed by atoms with Gasteiger partial charge in [-0.25, -0.2) is 9.37 Å². The van der Waals surface area contributed by atoms with E-state index in [0.717, 1.165) is 6.54 Å². The fourth-order valence-electron chi connectivity index (χ4n) is 1.88. The summed E-state index contributed by atoms with van der Waals surface area (Å²) in [6.45, 7) is 2.52. The molecule has 3 aromatic rings. The van der Waals surface area contributed by atoms with E-state index < -0.39 is 6.67 Å². The highest BCUT2D eigenvalue weighted by molar-refractivity contribution is 5.54. The maximum Gasteiger partial charge on any atom is 0.294 e. The topological polar surface area (TPSA) is 74.6 Å². The van der Waals surface area contributed by atoms with Crippen molar-refractivity contribution >= 4 is 0 Å². The lowest BCUT2D eigenvalue weighted by molar-refractivity contribution is 0.426. The molecule has 0 aliphatic carbocycles. The number of hydrogen-bond donors (Lipinski definition) is 0. The molecule has 0 aliphatic rings. The molecule has 0 spiro atoms. The molecule has 0 fully saturated rings. The smallest absolute Gasteiger partial charge is 0.294 e. The van der Waals surface area contributed by atoms with Crippen molar-refractivity contribution in [3.8, 4) is 23.1 Å². The molecule has 0 radical (unpaired) electrons. The highest BCUT2D eigenvalue weighted by atomic mass is 19.1. The molecule has 7 nitrogen and oxygen atoms in total. The van der Waals surface area contributed by atoms with E-state index in [1.807, 2.05) is 17.7 Å². The summed E-state index contributed by atoms with van der Waals surface area (Å²) < 4.78 is 20.9. The predicted octanol–water partition coefficient (Wildman–Crippen LogP) is 1.79. The number of alkyl halides is 1. The first-order chi connectivity index (χ1) is 9.81. The van der Waals surface area contributed by atoms with Crippen LogP contribution in [0.15, 0.2) is 29.3 Å². The standard InChI is InChI=1S/C12H13FN6O/c1-2-18-6-4-14-11(18)12-16-10(17-20-12)9-7-15-19(8-9)5-3-13/h4,6-8H,2-3,5H2,1H3. The third-order valence-electron chi connectivity index (χ3n) is 2.88. The van der Waals surface area contributed by atoms with Crippen LogP contribution in [0.4, 0.5) is 4.39 Å². The van der Waals surface area contributed by atoms with Gasteiger partial charge < -0.3 is 9.09 Å². The van der Waals surface area contributed by atoms with E-state index in [0.29, 0.717) is 23.1 Å². The van der Waals surface area contributed by atoms with Crippen molar-refractivity contribution in [1.29, 1.82) is 0 Å². The molecule has 3 rings (SSSR count). The first-order valence-electron chi connectivity index (χ1n) is 6.26. The Hall–Kier alpha value is -2.51. The largest absolute Gasteiger partial charge is 0.330 e. The van der Waals surface area contributed by atoms with Crippen LogP contribution in [-0.4, -0.2) is 36.1 Å². The first kappa shape index (κ1) is 12.5. The first-order valence-corrected chi connectivity index (χ1v) is 6.26. The van der Waals surface area contributed by atoms with Gasteiger partial charge in [0.2, 0.25) is 5.82 Å². The molecular weight excluding hydrogens is 263 g/mol. The summed E-state index contributed by atoms with van der Waals surface area (Å²) in [5, 5.41) is 7.93. The van der Waals surface area contributed by atoms with Crippen molar-refractivity contribution in [3.05, 3.63) is 24.8 Å². The third-order valence-corrected chi connectivity index (χ3v) is 2.88. The van der Waals surface area contributed by atoms with E-state index in [9.17, 15) is 4.39 Å². The van der Waals surface area contributed by atoms with E-state index in [2.05, 4.69) is 20.2 Å². The molecule has 8 heteroatoms. The molecule has 104 valence electrons. The summed E-state index contributed by atoms with van der Waals surface area (Å²) in [6.07, 6.45) is 6.79. The second kappa shape index (κ2) is 5.24. The van der Waals surface area contributed by atoms with Crippen LogP contribution in [0.5, 0.6) is 0 Å². The van der Waals surface area contributed by atoms with Gasteiger partial charge in [0.1, 0.15) is 6.67 Å². The molecule has 0 saturated heterocycles. The number of aromatic nitrogens is 6. The van der Waals surface area contributed by atoms with Crippen molar-refractivity contribution in [2.75, 3.05) is 6.67 Å². The quantitative estimate of drug-likeness (QED) is 0.710. The minimum Gasteiger partial charge on any atom is -0.330 e. The minimum absolute atomic E-state index is 0.213. The van der Waals surface area contributed by atoms with Gasteiger partial charge in [0.15, 0.2) is 5.82 Å². The van der Waals surface area contributed by atoms with Gasteiger partial charge in [0.25, 0.3) is 5.89 Å². The normalized spacial score (nSPS) is 11.1. The van der Waals surface area contributed by atoms with Gasteiger partial charge in [0.05, 0.1) is 18.3 Å². The van der Waals surface area contributed by atoms with Crippen molar-refractivity contribution in [2.45, 2.75) is 20.0 Å². The number of aryl methyl sites for hydroxylation is 2. The zero-order valence-electron chi connectivity index (χ0n) is 10.9. The van der Waals surface area contributed by atoms with Crippen LogP contribution in [0.3, 0.4) is 0 Å². The molecule has 0 amide bonds. The van der Waals surface area contributed by atoms with Crippen LogP contribution in [0.25, 0.3) is 23.1 Å². The summed E-state index contributed by atoms with van der Waals surface area (Å²) in [5.41, 5.74) is 0.683. The monoisotopic (exact) mass is 276 g/mol. The number of nitrogens with zero attached hydrogens (tertiary/aromatic N) is 6. The summed E-state index contributed by atoms with van der Waals surface area (Å²) in [5.74, 6) is 1.39. The van der Waals surface area contributed by atoms with E-state index >= 15 is 0 Å². The number of halogens is 1. The van der Waals surface area contributed by atoms with Crippen LogP contribution >= 0.6 is 0 Å². The van der Waals surface area contributed by atoms with E-state index in [4.69, 9.17) is 4.52 Å². The lowest BCUT2D eigenvalue weighted by Gasteiger charge is -1.97. The van der Waals surface area contributed by atoms with Gasteiger partial charge in [0, 0.05) is 25.1 Å². The lowest BCUT2D eigenvalue weighted by atomic mass is 10.3. The van der Waals surface area contributed by atoms with E-state index in [-0.39, 0.29) is 6.54 Å². The average Bonchev–Trinajstić information content (AvgIpc) is 3.18. The number of hydrogen-bond acceptors (Lipinski definition) is 5. The molecule has 0 N–H and O–H groups in total. The molecule has 0 saturated carbocycles. The van der Waals surface area contributed by atoms with Crippen LogP contribution in [0, 0.1) is 0 Å². The van der Waals surface area contributed by atoms with Crippen molar-refractivity contribution in [3.63, 3.8) is 0 Å². The number of rotatable bonds is 5. The molecule has 3 aromatic heterocycles. The predicted molar refractivity (Wildman–Crippen MR) is 68.4 cm³/mol. The Labute approximate surface area is 114 Å². The van der Waals surface area contributed by atoms with Gasteiger partial charge in [-0.1, -0.05) is 5.16 Å².